The molecule has 2 atom stereocenters. The quantitative estimate of drug-likeness (QED) is 0.508. The van der Waals surface area contributed by atoms with Gasteiger partial charge in [0, 0.05) is 29.9 Å². The number of nitrogens with one attached hydrogen (secondary N) is 1. The molecule has 34 heavy (non-hydrogen) atoms. The zero-order chi connectivity index (χ0) is 25.2. The molecule has 3 aromatic heterocycles. The smallest absolute Gasteiger partial charge is 0.408 e. The Bertz CT molecular complexity index is 1200. The first kappa shape index (κ1) is 24.9. The van der Waals surface area contributed by atoms with E-state index >= 15 is 0 Å². The molecule has 0 saturated heterocycles. The Balaban J connectivity index is 1.66. The largest absolute Gasteiger partial charge is 0.477 e. The molecule has 0 aliphatic rings. The number of carboxylic acid groups (broad SMARTS) is 1. The van der Waals surface area contributed by atoms with Gasteiger partial charge in [0.05, 0.1) is 29.2 Å². The Hall–Kier alpha value is -3.77. The number of carbonyl (C=O) groups is 2. The summed E-state index contributed by atoms with van der Waals surface area (Å²) in [6.45, 7) is 5.27. The van der Waals surface area contributed by atoms with E-state index < -0.39 is 24.6 Å². The van der Waals surface area contributed by atoms with Crippen LogP contribution in [0.3, 0.4) is 0 Å². The Morgan fingerprint density at radius 1 is 1.24 bits per heavy atom. The van der Waals surface area contributed by atoms with E-state index in [0.717, 1.165) is 4.68 Å². The molecule has 0 aliphatic heterocycles. The predicted molar refractivity (Wildman–Crippen MR) is 114 cm³/mol. The normalized spacial score (nSPS) is 13.5. The minimum Gasteiger partial charge on any atom is -0.477 e. The molecule has 0 aromatic carbocycles. The van der Waals surface area contributed by atoms with Gasteiger partial charge in [0.2, 0.25) is 5.91 Å². The van der Waals surface area contributed by atoms with Crippen LogP contribution in [0.4, 0.5) is 13.2 Å². The van der Waals surface area contributed by atoms with Crippen molar-refractivity contribution in [3.8, 4) is 5.69 Å². The van der Waals surface area contributed by atoms with Crippen molar-refractivity contribution in [2.75, 3.05) is 0 Å². The molecule has 3 heterocycles. The van der Waals surface area contributed by atoms with Crippen LogP contribution < -0.4 is 5.32 Å². The average Bonchev–Trinajstić information content (AvgIpc) is 3.30. The van der Waals surface area contributed by atoms with Gasteiger partial charge in [-0.2, -0.15) is 18.3 Å². The number of aryl methyl sites for hydroxylation is 1. The first-order chi connectivity index (χ1) is 15.9. The van der Waals surface area contributed by atoms with Crippen molar-refractivity contribution in [2.45, 2.75) is 58.8 Å². The number of hydrogen-bond acceptors (Lipinski definition) is 6. The number of pyridine rings is 1. The summed E-state index contributed by atoms with van der Waals surface area (Å²) >= 11 is 0. The van der Waals surface area contributed by atoms with Crippen molar-refractivity contribution in [1.82, 2.24) is 35.1 Å². The molecule has 2 unspecified atom stereocenters. The minimum atomic E-state index is -4.41. The first-order valence-electron chi connectivity index (χ1n) is 10.4. The second-order valence-corrected chi connectivity index (χ2v) is 8.05. The molecule has 0 saturated carbocycles. The van der Waals surface area contributed by atoms with Gasteiger partial charge >= 0.3 is 12.1 Å². The summed E-state index contributed by atoms with van der Waals surface area (Å²) < 4.78 is 40.6. The molecule has 1 amide bonds. The molecule has 0 fully saturated rings. The standard InChI is InChI=1S/C21H24F3N7O3/c1-11(7-15-9-30(29-27-15)16-5-6-25-17(8-16)20(33)34)26-19(32)12(2)18-13(3)28-31(14(18)4)10-21(22,23)24/h5-6,8-9,11-12H,7,10H2,1-4H3,(H,26,32)(H,33,34). The third-order valence-corrected chi connectivity index (χ3v) is 5.26. The molecule has 2 N–H and O–H groups in total. The van der Waals surface area contributed by atoms with E-state index in [2.05, 4.69) is 25.7 Å². The van der Waals surface area contributed by atoms with Gasteiger partial charge in [-0.1, -0.05) is 5.21 Å². The SMILES string of the molecule is Cc1nn(CC(F)(F)F)c(C)c1C(C)C(=O)NC(C)Cc1cn(-c2ccnc(C(=O)O)c2)nn1. The maximum Gasteiger partial charge on any atom is 0.408 e. The average molecular weight is 479 g/mol. The third kappa shape index (κ3) is 5.77. The number of alkyl halides is 3. The maximum atomic E-state index is 12.8. The van der Waals surface area contributed by atoms with Crippen LogP contribution in [-0.4, -0.2) is 59.0 Å². The first-order valence-corrected chi connectivity index (χ1v) is 10.4. The summed E-state index contributed by atoms with van der Waals surface area (Å²) in [5.74, 6) is -2.22. The molecule has 0 radical (unpaired) electrons. The van der Waals surface area contributed by atoms with Crippen LogP contribution in [0.15, 0.2) is 24.5 Å². The number of rotatable bonds is 8. The highest BCUT2D eigenvalue weighted by Gasteiger charge is 2.32. The number of hydrogen-bond donors (Lipinski definition) is 2. The number of amides is 1. The van der Waals surface area contributed by atoms with Crippen LogP contribution >= 0.6 is 0 Å². The Morgan fingerprint density at radius 3 is 2.59 bits per heavy atom. The van der Waals surface area contributed by atoms with E-state index in [0.29, 0.717) is 34.8 Å². The van der Waals surface area contributed by atoms with Crippen molar-refractivity contribution in [3.63, 3.8) is 0 Å². The zero-order valence-electron chi connectivity index (χ0n) is 19.0. The van der Waals surface area contributed by atoms with Crippen LogP contribution in [0.1, 0.15) is 52.9 Å². The number of carboxylic acids is 1. The molecular formula is C21H24F3N7O3. The number of aromatic nitrogens is 6. The fraction of sp³-hybridized carbons (Fsp3) is 0.429. The van der Waals surface area contributed by atoms with Crippen molar-refractivity contribution in [1.29, 1.82) is 0 Å². The van der Waals surface area contributed by atoms with Crippen LogP contribution in [0.25, 0.3) is 5.69 Å². The van der Waals surface area contributed by atoms with Crippen molar-refractivity contribution in [2.24, 2.45) is 0 Å². The third-order valence-electron chi connectivity index (χ3n) is 5.26. The van der Waals surface area contributed by atoms with Crippen LogP contribution in [0.2, 0.25) is 0 Å². The lowest BCUT2D eigenvalue weighted by Crippen LogP contribution is -2.37. The second-order valence-electron chi connectivity index (χ2n) is 8.05. The van der Waals surface area contributed by atoms with Crippen LogP contribution in [0, 0.1) is 13.8 Å². The van der Waals surface area contributed by atoms with Crippen LogP contribution in [0.5, 0.6) is 0 Å². The van der Waals surface area contributed by atoms with Gasteiger partial charge in [-0.05, 0) is 39.8 Å². The lowest BCUT2D eigenvalue weighted by Gasteiger charge is -2.17. The van der Waals surface area contributed by atoms with E-state index in [4.69, 9.17) is 5.11 Å². The van der Waals surface area contributed by atoms with Gasteiger partial charge < -0.3 is 10.4 Å². The summed E-state index contributed by atoms with van der Waals surface area (Å²) in [5, 5.41) is 23.9. The summed E-state index contributed by atoms with van der Waals surface area (Å²) in [6.07, 6.45) is -1.11. The topological polar surface area (TPSA) is 128 Å². The number of carbonyl (C=O) groups excluding carboxylic acids is 1. The molecule has 3 rings (SSSR count). The van der Waals surface area contributed by atoms with Gasteiger partial charge in [0.25, 0.3) is 0 Å². The van der Waals surface area contributed by atoms with E-state index in [-0.39, 0.29) is 17.6 Å². The molecule has 182 valence electrons. The van der Waals surface area contributed by atoms with E-state index in [1.165, 1.54) is 23.9 Å². The fourth-order valence-corrected chi connectivity index (χ4v) is 3.72. The van der Waals surface area contributed by atoms with Crippen molar-refractivity contribution in [3.05, 3.63) is 52.9 Å². The molecule has 0 bridgehead atoms. The molecule has 0 spiro atoms. The summed E-state index contributed by atoms with van der Waals surface area (Å²) in [5.41, 5.74) is 2.03. The Morgan fingerprint density at radius 2 is 1.94 bits per heavy atom. The predicted octanol–water partition coefficient (Wildman–Crippen LogP) is 2.59. The minimum absolute atomic E-state index is 0.131. The van der Waals surface area contributed by atoms with Crippen molar-refractivity contribution >= 4 is 11.9 Å². The van der Waals surface area contributed by atoms with Gasteiger partial charge in [0.1, 0.15) is 12.2 Å². The number of nitrogens with zero attached hydrogens (tertiary/aromatic N) is 6. The molecule has 3 aromatic rings. The highest BCUT2D eigenvalue weighted by atomic mass is 19.4. The fourth-order valence-electron chi connectivity index (χ4n) is 3.72. The molecule has 13 heteroatoms. The van der Waals surface area contributed by atoms with E-state index in [1.807, 2.05) is 0 Å². The molecule has 10 nitrogen and oxygen atoms in total. The van der Waals surface area contributed by atoms with Crippen molar-refractivity contribution < 1.29 is 27.9 Å². The summed E-state index contributed by atoms with van der Waals surface area (Å²) in [7, 11) is 0. The van der Waals surface area contributed by atoms with Gasteiger partial charge in [-0.3, -0.25) is 9.48 Å². The van der Waals surface area contributed by atoms with E-state index in [9.17, 15) is 22.8 Å². The van der Waals surface area contributed by atoms with Crippen LogP contribution in [-0.2, 0) is 17.8 Å². The second kappa shape index (κ2) is 9.61. The highest BCUT2D eigenvalue weighted by Crippen LogP contribution is 2.26. The summed E-state index contributed by atoms with van der Waals surface area (Å²) in [4.78, 5) is 27.6. The number of halogens is 3. The van der Waals surface area contributed by atoms with E-state index in [1.54, 1.807) is 33.0 Å². The monoisotopic (exact) mass is 479 g/mol. The van der Waals surface area contributed by atoms with Gasteiger partial charge in [-0.25, -0.2) is 14.5 Å². The Labute approximate surface area is 192 Å². The lowest BCUT2D eigenvalue weighted by molar-refractivity contribution is -0.143. The Kier molecular flexibility index (Phi) is 7.03. The lowest BCUT2D eigenvalue weighted by atomic mass is 9.97. The molecular weight excluding hydrogens is 455 g/mol. The maximum absolute atomic E-state index is 12.8. The summed E-state index contributed by atoms with van der Waals surface area (Å²) in [6, 6.07) is 2.59. The van der Waals surface area contributed by atoms with Gasteiger partial charge in [0.15, 0.2) is 0 Å². The number of aromatic carboxylic acids is 1. The molecule has 0 aliphatic carbocycles. The van der Waals surface area contributed by atoms with Gasteiger partial charge in [-0.15, -0.1) is 5.10 Å². The highest BCUT2D eigenvalue weighted by molar-refractivity contribution is 5.86. The zero-order valence-corrected chi connectivity index (χ0v) is 19.0.